The van der Waals surface area contributed by atoms with E-state index in [0.29, 0.717) is 33.4 Å². The quantitative estimate of drug-likeness (QED) is 0.237. The molecule has 0 bridgehead atoms. The van der Waals surface area contributed by atoms with Gasteiger partial charge < -0.3 is 14.7 Å². The van der Waals surface area contributed by atoms with E-state index in [4.69, 9.17) is 16.0 Å². The molecule has 0 spiro atoms. The number of carbonyl (C=O) groups excluding carboxylic acids is 1. The van der Waals surface area contributed by atoms with Crippen molar-refractivity contribution in [2.75, 3.05) is 5.32 Å². The first-order valence-electron chi connectivity index (χ1n) is 9.88. The molecule has 33 heavy (non-hydrogen) atoms. The highest BCUT2D eigenvalue weighted by molar-refractivity contribution is 6.33. The Bertz CT molecular complexity index is 1490. The van der Waals surface area contributed by atoms with Gasteiger partial charge in [0.05, 0.1) is 21.0 Å². The molecule has 0 unspecified atom stereocenters. The number of rotatable bonds is 5. The Balaban J connectivity index is 1.39. The van der Waals surface area contributed by atoms with E-state index in [2.05, 4.69) is 15.3 Å². The van der Waals surface area contributed by atoms with Gasteiger partial charge in [0, 0.05) is 28.9 Å². The minimum Gasteiger partial charge on any atom is -0.451 e. The Morgan fingerprint density at radius 2 is 1.88 bits per heavy atom. The first-order chi connectivity index (χ1) is 16.0. The van der Waals surface area contributed by atoms with Crippen molar-refractivity contribution in [3.63, 3.8) is 0 Å². The van der Waals surface area contributed by atoms with E-state index in [1.165, 1.54) is 18.2 Å². The number of halogens is 1. The second kappa shape index (κ2) is 8.25. The lowest BCUT2D eigenvalue weighted by Gasteiger charge is -2.07. The Hall–Kier alpha value is -4.43. The maximum Gasteiger partial charge on any atom is 0.291 e. The van der Waals surface area contributed by atoms with Gasteiger partial charge in [0.2, 0.25) is 0 Å². The van der Waals surface area contributed by atoms with Crippen molar-refractivity contribution in [2.24, 2.45) is 0 Å². The van der Waals surface area contributed by atoms with Gasteiger partial charge >= 0.3 is 0 Å². The maximum absolute atomic E-state index is 12.7. The molecule has 0 aliphatic rings. The molecule has 5 rings (SSSR count). The van der Waals surface area contributed by atoms with Crippen LogP contribution in [-0.4, -0.2) is 20.8 Å². The number of imidazole rings is 1. The highest BCUT2D eigenvalue weighted by Gasteiger charge is 2.16. The summed E-state index contributed by atoms with van der Waals surface area (Å²) in [6, 6.07) is 21.8. The van der Waals surface area contributed by atoms with Crippen molar-refractivity contribution >= 4 is 39.9 Å². The molecular formula is C24H15ClN4O4. The van der Waals surface area contributed by atoms with Crippen molar-refractivity contribution in [3.8, 4) is 22.7 Å². The van der Waals surface area contributed by atoms with Crippen molar-refractivity contribution in [2.45, 2.75) is 0 Å². The summed E-state index contributed by atoms with van der Waals surface area (Å²) in [4.78, 5) is 31.0. The monoisotopic (exact) mass is 458 g/mol. The molecule has 0 saturated carbocycles. The number of nitrogens with one attached hydrogen (secondary N) is 2. The molecule has 0 fully saturated rings. The molecule has 1 amide bonds. The topological polar surface area (TPSA) is 114 Å². The zero-order valence-electron chi connectivity index (χ0n) is 16.9. The number of H-pyrrole nitrogens is 1. The number of benzene rings is 3. The van der Waals surface area contributed by atoms with E-state index in [1.807, 2.05) is 24.3 Å². The summed E-state index contributed by atoms with van der Waals surface area (Å²) in [5.41, 5.74) is 3.27. The Labute approximate surface area is 192 Å². The number of carbonyl (C=O) groups is 1. The number of amides is 1. The third-order valence-corrected chi connectivity index (χ3v) is 5.37. The summed E-state index contributed by atoms with van der Waals surface area (Å²) in [5.74, 6) is 0.535. The van der Waals surface area contributed by atoms with E-state index in [-0.39, 0.29) is 11.4 Å². The van der Waals surface area contributed by atoms with Gasteiger partial charge in [-0.1, -0.05) is 35.9 Å². The fourth-order valence-corrected chi connectivity index (χ4v) is 3.65. The highest BCUT2D eigenvalue weighted by atomic mass is 35.5. The van der Waals surface area contributed by atoms with Gasteiger partial charge in [0.15, 0.2) is 5.76 Å². The number of hydrogen-bond acceptors (Lipinski definition) is 5. The number of fused-ring (bicyclic) bond motifs is 1. The molecule has 2 N–H and O–H groups in total. The molecular weight excluding hydrogens is 444 g/mol. The smallest absolute Gasteiger partial charge is 0.291 e. The molecule has 0 radical (unpaired) electrons. The van der Waals surface area contributed by atoms with Gasteiger partial charge in [-0.15, -0.1) is 0 Å². The van der Waals surface area contributed by atoms with Crippen LogP contribution in [0.4, 0.5) is 11.4 Å². The predicted molar refractivity (Wildman–Crippen MR) is 125 cm³/mol. The minimum atomic E-state index is -0.486. The summed E-state index contributed by atoms with van der Waals surface area (Å²) in [5, 5.41) is 14.3. The Morgan fingerprint density at radius 1 is 1.03 bits per heavy atom. The molecule has 8 nitrogen and oxygen atoms in total. The lowest BCUT2D eigenvalue weighted by molar-refractivity contribution is -0.384. The summed E-state index contributed by atoms with van der Waals surface area (Å²) < 4.78 is 5.64. The fraction of sp³-hybridized carbons (Fsp3) is 0. The number of nitro groups is 1. The van der Waals surface area contributed by atoms with Crippen LogP contribution >= 0.6 is 11.6 Å². The molecule has 2 aromatic heterocycles. The van der Waals surface area contributed by atoms with Gasteiger partial charge in [-0.2, -0.15) is 0 Å². The summed E-state index contributed by atoms with van der Waals surface area (Å²) in [6.07, 6.45) is 0. The van der Waals surface area contributed by atoms with Crippen molar-refractivity contribution in [1.29, 1.82) is 0 Å². The zero-order chi connectivity index (χ0) is 22.9. The molecule has 9 heteroatoms. The maximum atomic E-state index is 12.7. The van der Waals surface area contributed by atoms with Gasteiger partial charge in [-0.3, -0.25) is 14.9 Å². The van der Waals surface area contributed by atoms with Crippen molar-refractivity contribution < 1.29 is 14.1 Å². The zero-order valence-corrected chi connectivity index (χ0v) is 17.7. The largest absolute Gasteiger partial charge is 0.451 e. The Kier molecular flexibility index (Phi) is 5.12. The summed E-state index contributed by atoms with van der Waals surface area (Å²) in [7, 11) is 0. The second-order valence-electron chi connectivity index (χ2n) is 7.22. The van der Waals surface area contributed by atoms with Crippen LogP contribution in [0.3, 0.4) is 0 Å². The SMILES string of the molecule is O=C(Nc1ccc(Cl)c(-c2nc3ccccc3[nH]2)c1)c1ccc(-c2cccc([N+](=O)[O-])c2)o1. The number of aromatic nitrogens is 2. The summed E-state index contributed by atoms with van der Waals surface area (Å²) in [6.45, 7) is 0. The first kappa shape index (κ1) is 20.5. The van der Waals surface area contributed by atoms with Crippen LogP contribution in [0.25, 0.3) is 33.7 Å². The number of nitro benzene ring substituents is 1. The molecule has 5 aromatic rings. The van der Waals surface area contributed by atoms with E-state index in [9.17, 15) is 14.9 Å². The molecule has 0 atom stereocenters. The molecule has 3 aromatic carbocycles. The van der Waals surface area contributed by atoms with Gasteiger partial charge in [0.25, 0.3) is 11.6 Å². The number of hydrogen-bond donors (Lipinski definition) is 2. The van der Waals surface area contributed by atoms with Crippen LogP contribution in [0.1, 0.15) is 10.6 Å². The highest BCUT2D eigenvalue weighted by Crippen LogP contribution is 2.31. The Morgan fingerprint density at radius 3 is 2.70 bits per heavy atom. The van der Waals surface area contributed by atoms with Crippen LogP contribution in [-0.2, 0) is 0 Å². The lowest BCUT2D eigenvalue weighted by atomic mass is 10.1. The number of non-ortho nitro benzene ring substituents is 1. The van der Waals surface area contributed by atoms with Gasteiger partial charge in [-0.05, 0) is 42.5 Å². The van der Waals surface area contributed by atoms with Gasteiger partial charge in [0.1, 0.15) is 11.6 Å². The van der Waals surface area contributed by atoms with Crippen LogP contribution in [0, 0.1) is 10.1 Å². The van der Waals surface area contributed by atoms with Crippen LogP contribution in [0.15, 0.2) is 83.3 Å². The molecule has 0 saturated heterocycles. The third kappa shape index (κ3) is 4.07. The van der Waals surface area contributed by atoms with Crippen LogP contribution in [0.2, 0.25) is 5.02 Å². The van der Waals surface area contributed by atoms with E-state index >= 15 is 0 Å². The number of aromatic amines is 1. The molecule has 0 aliphatic heterocycles. The third-order valence-electron chi connectivity index (χ3n) is 5.04. The average molecular weight is 459 g/mol. The van der Waals surface area contributed by atoms with Crippen LogP contribution in [0.5, 0.6) is 0 Å². The van der Waals surface area contributed by atoms with Crippen LogP contribution < -0.4 is 5.32 Å². The second-order valence-corrected chi connectivity index (χ2v) is 7.63. The average Bonchev–Trinajstić information content (AvgIpc) is 3.48. The van der Waals surface area contributed by atoms with E-state index in [1.54, 1.807) is 36.4 Å². The minimum absolute atomic E-state index is 0.0609. The number of para-hydroxylation sites is 2. The first-order valence-corrected chi connectivity index (χ1v) is 10.3. The number of anilines is 1. The molecule has 2 heterocycles. The van der Waals surface area contributed by atoms with E-state index < -0.39 is 10.8 Å². The normalized spacial score (nSPS) is 10.9. The summed E-state index contributed by atoms with van der Waals surface area (Å²) >= 11 is 6.38. The van der Waals surface area contributed by atoms with E-state index in [0.717, 1.165) is 11.0 Å². The predicted octanol–water partition coefficient (Wildman–Crippen LogP) is 6.30. The molecule has 162 valence electrons. The van der Waals surface area contributed by atoms with Crippen molar-refractivity contribution in [1.82, 2.24) is 9.97 Å². The fourth-order valence-electron chi connectivity index (χ4n) is 3.45. The standard InChI is InChI=1S/C24H15ClN4O4/c25-18-9-8-15(13-17(18)23-27-19-6-1-2-7-20(19)28-23)26-24(30)22-11-10-21(33-22)14-4-3-5-16(12-14)29(31)32/h1-13H,(H,26,30)(H,27,28). The lowest BCUT2D eigenvalue weighted by Crippen LogP contribution is -2.10. The number of furan rings is 1. The van der Waals surface area contributed by atoms with Gasteiger partial charge in [-0.25, -0.2) is 4.98 Å². The molecule has 0 aliphatic carbocycles. The van der Waals surface area contributed by atoms with Crippen molar-refractivity contribution in [3.05, 3.63) is 99.8 Å². The number of nitrogens with zero attached hydrogens (tertiary/aromatic N) is 2.